The zero-order valence-corrected chi connectivity index (χ0v) is 15.9. The van der Waals surface area contributed by atoms with Crippen LogP contribution in [0.2, 0.25) is 0 Å². The van der Waals surface area contributed by atoms with E-state index in [4.69, 9.17) is 4.42 Å². The number of amides is 1. The number of carbonyl (C=O) groups is 1. The van der Waals surface area contributed by atoms with Gasteiger partial charge in [-0.05, 0) is 42.5 Å². The van der Waals surface area contributed by atoms with E-state index >= 15 is 0 Å². The highest BCUT2D eigenvalue weighted by molar-refractivity contribution is 7.92. The van der Waals surface area contributed by atoms with Crippen LogP contribution in [0, 0.1) is 0 Å². The third-order valence-electron chi connectivity index (χ3n) is 4.03. The van der Waals surface area contributed by atoms with Crippen molar-refractivity contribution in [1.82, 2.24) is 5.32 Å². The van der Waals surface area contributed by atoms with Crippen molar-refractivity contribution in [2.75, 3.05) is 10.8 Å². The number of nitrogens with one attached hydrogen (secondary N) is 1. The molecule has 0 saturated heterocycles. The third-order valence-corrected chi connectivity index (χ3v) is 5.82. The maximum atomic E-state index is 13.2. The van der Waals surface area contributed by atoms with Crippen LogP contribution in [0.1, 0.15) is 16.1 Å². The number of rotatable bonds is 8. The van der Waals surface area contributed by atoms with Crippen molar-refractivity contribution in [3.05, 3.63) is 97.0 Å². The summed E-state index contributed by atoms with van der Waals surface area (Å²) in [6.45, 7) is 3.98. The molecule has 1 aromatic heterocycles. The van der Waals surface area contributed by atoms with Gasteiger partial charge in [0.1, 0.15) is 5.76 Å². The standard InChI is InChI=1S/C21H20N2O4S/c1-2-13-23(18-9-4-3-5-10-18)28(25,26)20-12-6-8-17(15-20)21(24)22-16-19-11-7-14-27-19/h2-12,14-15H,1,13,16H2,(H,22,24). The van der Waals surface area contributed by atoms with Gasteiger partial charge >= 0.3 is 0 Å². The predicted octanol–water partition coefficient (Wildman–Crippen LogP) is 3.59. The molecule has 1 heterocycles. The lowest BCUT2D eigenvalue weighted by molar-refractivity contribution is 0.0948. The summed E-state index contributed by atoms with van der Waals surface area (Å²) >= 11 is 0. The van der Waals surface area contributed by atoms with Crippen LogP contribution in [0.4, 0.5) is 5.69 Å². The molecular weight excluding hydrogens is 376 g/mol. The minimum Gasteiger partial charge on any atom is -0.467 e. The Morgan fingerprint density at radius 1 is 1.07 bits per heavy atom. The zero-order valence-electron chi connectivity index (χ0n) is 15.1. The van der Waals surface area contributed by atoms with Crippen molar-refractivity contribution >= 4 is 21.6 Å². The fraction of sp³-hybridized carbons (Fsp3) is 0.0952. The van der Waals surface area contributed by atoms with Gasteiger partial charge in [-0.2, -0.15) is 0 Å². The van der Waals surface area contributed by atoms with Crippen LogP contribution in [0.15, 0.2) is 95.0 Å². The van der Waals surface area contributed by atoms with Crippen LogP contribution in [0.3, 0.4) is 0 Å². The van der Waals surface area contributed by atoms with E-state index in [1.807, 2.05) is 6.07 Å². The summed E-state index contributed by atoms with van der Waals surface area (Å²) in [4.78, 5) is 12.4. The molecule has 0 aliphatic heterocycles. The molecule has 1 N–H and O–H groups in total. The van der Waals surface area contributed by atoms with E-state index in [0.29, 0.717) is 11.4 Å². The summed E-state index contributed by atoms with van der Waals surface area (Å²) in [7, 11) is -3.87. The molecule has 7 heteroatoms. The average molecular weight is 396 g/mol. The van der Waals surface area contributed by atoms with Gasteiger partial charge in [-0.15, -0.1) is 6.58 Å². The van der Waals surface area contributed by atoms with E-state index in [-0.39, 0.29) is 29.5 Å². The highest BCUT2D eigenvalue weighted by Gasteiger charge is 2.24. The first-order valence-electron chi connectivity index (χ1n) is 8.61. The van der Waals surface area contributed by atoms with Gasteiger partial charge in [0.15, 0.2) is 0 Å². The van der Waals surface area contributed by atoms with Crippen LogP contribution in [-0.2, 0) is 16.6 Å². The lowest BCUT2D eigenvalue weighted by atomic mass is 10.2. The molecule has 28 heavy (non-hydrogen) atoms. The van der Waals surface area contributed by atoms with Crippen LogP contribution in [0.25, 0.3) is 0 Å². The van der Waals surface area contributed by atoms with Gasteiger partial charge in [-0.25, -0.2) is 8.42 Å². The normalized spacial score (nSPS) is 11.0. The number of hydrogen-bond donors (Lipinski definition) is 1. The Morgan fingerprint density at radius 2 is 1.86 bits per heavy atom. The number of para-hydroxylation sites is 1. The summed E-state index contributed by atoms with van der Waals surface area (Å²) in [5, 5.41) is 2.71. The molecule has 0 aliphatic rings. The predicted molar refractivity (Wildman–Crippen MR) is 107 cm³/mol. The Labute approximate surface area is 164 Å². The van der Waals surface area contributed by atoms with Crippen molar-refractivity contribution in [3.8, 4) is 0 Å². The van der Waals surface area contributed by atoms with Gasteiger partial charge in [-0.1, -0.05) is 30.3 Å². The van der Waals surface area contributed by atoms with E-state index in [1.54, 1.807) is 48.5 Å². The highest BCUT2D eigenvalue weighted by Crippen LogP contribution is 2.24. The number of carbonyl (C=O) groups excluding carboxylic acids is 1. The minimum atomic E-state index is -3.87. The molecule has 0 unspecified atom stereocenters. The maximum absolute atomic E-state index is 13.2. The number of sulfonamides is 1. The summed E-state index contributed by atoms with van der Waals surface area (Å²) in [6.07, 6.45) is 3.04. The molecule has 0 spiro atoms. The third kappa shape index (κ3) is 4.32. The van der Waals surface area contributed by atoms with Crippen molar-refractivity contribution in [1.29, 1.82) is 0 Å². The van der Waals surface area contributed by atoms with Gasteiger partial charge in [0.05, 0.1) is 29.9 Å². The summed E-state index contributed by atoms with van der Waals surface area (Å²) in [6, 6.07) is 18.2. The molecule has 6 nitrogen and oxygen atoms in total. The Morgan fingerprint density at radius 3 is 2.54 bits per heavy atom. The topological polar surface area (TPSA) is 79.6 Å². The summed E-state index contributed by atoms with van der Waals surface area (Å²) in [5.74, 6) is 0.224. The molecular formula is C21H20N2O4S. The minimum absolute atomic E-state index is 0.0313. The van der Waals surface area contributed by atoms with E-state index < -0.39 is 10.0 Å². The molecule has 144 valence electrons. The fourth-order valence-electron chi connectivity index (χ4n) is 2.66. The number of furan rings is 1. The molecule has 0 aliphatic carbocycles. The highest BCUT2D eigenvalue weighted by atomic mass is 32.2. The first kappa shape index (κ1) is 19.4. The van der Waals surface area contributed by atoms with E-state index in [0.717, 1.165) is 0 Å². The quantitative estimate of drug-likeness (QED) is 0.590. The maximum Gasteiger partial charge on any atom is 0.264 e. The second-order valence-electron chi connectivity index (χ2n) is 5.95. The van der Waals surface area contributed by atoms with Crippen LogP contribution in [0.5, 0.6) is 0 Å². The second kappa shape index (κ2) is 8.58. The molecule has 1 amide bonds. The van der Waals surface area contributed by atoms with Crippen molar-refractivity contribution < 1.29 is 17.6 Å². The number of nitrogens with zero attached hydrogens (tertiary/aromatic N) is 1. The van der Waals surface area contributed by atoms with Gasteiger partial charge < -0.3 is 9.73 Å². The monoisotopic (exact) mass is 396 g/mol. The van der Waals surface area contributed by atoms with Crippen LogP contribution < -0.4 is 9.62 Å². The smallest absolute Gasteiger partial charge is 0.264 e. The SMILES string of the molecule is C=CCN(c1ccccc1)S(=O)(=O)c1cccc(C(=O)NCc2ccco2)c1. The summed E-state index contributed by atoms with van der Waals surface area (Å²) in [5.41, 5.74) is 0.773. The van der Waals surface area contributed by atoms with E-state index in [1.165, 1.54) is 28.8 Å². The van der Waals surface area contributed by atoms with Crippen molar-refractivity contribution in [3.63, 3.8) is 0 Å². The summed E-state index contributed by atoms with van der Waals surface area (Å²) < 4.78 is 32.8. The van der Waals surface area contributed by atoms with Gasteiger partial charge in [0.2, 0.25) is 0 Å². The fourth-order valence-corrected chi connectivity index (χ4v) is 4.14. The van der Waals surface area contributed by atoms with Crippen LogP contribution >= 0.6 is 0 Å². The zero-order chi connectivity index (χ0) is 20.0. The van der Waals surface area contributed by atoms with E-state index in [9.17, 15) is 13.2 Å². The van der Waals surface area contributed by atoms with Crippen molar-refractivity contribution in [2.45, 2.75) is 11.4 Å². The first-order valence-corrected chi connectivity index (χ1v) is 10.1. The number of benzene rings is 2. The Kier molecular flexibility index (Phi) is 5.96. The molecule has 0 bridgehead atoms. The van der Waals surface area contributed by atoms with Crippen molar-refractivity contribution in [2.24, 2.45) is 0 Å². The molecule has 3 aromatic rings. The number of anilines is 1. The molecule has 3 rings (SSSR count). The molecule has 2 aromatic carbocycles. The second-order valence-corrected chi connectivity index (χ2v) is 7.81. The molecule has 0 atom stereocenters. The van der Waals surface area contributed by atoms with Gasteiger partial charge in [0.25, 0.3) is 15.9 Å². The molecule has 0 saturated carbocycles. The average Bonchev–Trinajstić information content (AvgIpc) is 3.24. The Bertz CT molecular complexity index is 1050. The Balaban J connectivity index is 1.86. The van der Waals surface area contributed by atoms with Gasteiger partial charge in [0, 0.05) is 5.56 Å². The van der Waals surface area contributed by atoms with Crippen LogP contribution in [-0.4, -0.2) is 20.9 Å². The lowest BCUT2D eigenvalue weighted by Gasteiger charge is -2.23. The number of hydrogen-bond acceptors (Lipinski definition) is 4. The van der Waals surface area contributed by atoms with Gasteiger partial charge in [-0.3, -0.25) is 9.10 Å². The lowest BCUT2D eigenvalue weighted by Crippen LogP contribution is -2.31. The van der Waals surface area contributed by atoms with E-state index in [2.05, 4.69) is 11.9 Å². The largest absolute Gasteiger partial charge is 0.467 e. The Hall–Kier alpha value is -3.32. The molecule has 0 fully saturated rings. The first-order chi connectivity index (χ1) is 13.5. The molecule has 0 radical (unpaired) electrons.